The lowest BCUT2D eigenvalue weighted by Gasteiger charge is -2.33. The quantitative estimate of drug-likeness (QED) is 0.717. The van der Waals surface area contributed by atoms with E-state index >= 15 is 0 Å². The molecule has 2 aromatic rings. The van der Waals surface area contributed by atoms with Gasteiger partial charge in [0, 0.05) is 23.7 Å². The molecule has 2 bridgehead atoms. The highest BCUT2D eigenvalue weighted by molar-refractivity contribution is 6.30. The molecule has 134 valence electrons. The first-order chi connectivity index (χ1) is 12.5. The summed E-state index contributed by atoms with van der Waals surface area (Å²) in [5.74, 6) is -0.893. The van der Waals surface area contributed by atoms with Crippen molar-refractivity contribution in [2.45, 2.75) is 24.9 Å². The molecule has 4 rings (SSSR count). The number of ether oxygens (including phenoxy) is 1. The zero-order valence-corrected chi connectivity index (χ0v) is 15.0. The lowest BCUT2D eigenvalue weighted by molar-refractivity contribution is -0.0270. The Morgan fingerprint density at radius 1 is 1.23 bits per heavy atom. The number of nitrogens with zero attached hydrogens (tertiary/aromatic N) is 1. The van der Waals surface area contributed by atoms with Crippen LogP contribution in [0.4, 0.5) is 4.39 Å². The molecule has 0 radical (unpaired) electrons. The van der Waals surface area contributed by atoms with Gasteiger partial charge in [-0.1, -0.05) is 29.8 Å². The minimum absolute atomic E-state index is 0.256. The van der Waals surface area contributed by atoms with Crippen molar-refractivity contribution < 1.29 is 13.9 Å². The molecule has 0 N–H and O–H groups in total. The van der Waals surface area contributed by atoms with Crippen molar-refractivity contribution in [1.82, 2.24) is 4.90 Å². The molecule has 1 atom stereocenters. The highest BCUT2D eigenvalue weighted by Crippen LogP contribution is 2.41. The number of halogens is 2. The molecule has 2 fully saturated rings. The Balaban J connectivity index is 1.55. The minimum atomic E-state index is -0.528. The number of carbonyl (C=O) groups excluding carboxylic acids is 1. The molecule has 2 saturated heterocycles. The second kappa shape index (κ2) is 6.76. The molecule has 0 aromatic heterocycles. The summed E-state index contributed by atoms with van der Waals surface area (Å²) < 4.78 is 19.3. The number of benzene rings is 2. The molecular weight excluding hydrogens is 353 g/mol. The Kier molecular flexibility index (Phi) is 4.45. The van der Waals surface area contributed by atoms with Crippen LogP contribution in [0.15, 0.2) is 54.2 Å². The average Bonchev–Trinajstić information content (AvgIpc) is 2.86. The van der Waals surface area contributed by atoms with Crippen molar-refractivity contribution >= 4 is 23.6 Å². The van der Waals surface area contributed by atoms with E-state index in [1.165, 1.54) is 18.2 Å². The fraction of sp³-hybridized carbons (Fsp3) is 0.286. The molecule has 0 spiro atoms. The van der Waals surface area contributed by atoms with Gasteiger partial charge in [-0.25, -0.2) is 9.18 Å². The van der Waals surface area contributed by atoms with E-state index < -0.39 is 17.4 Å². The van der Waals surface area contributed by atoms with E-state index in [0.29, 0.717) is 18.0 Å². The first kappa shape index (κ1) is 17.1. The van der Waals surface area contributed by atoms with E-state index in [4.69, 9.17) is 16.3 Å². The standard InChI is InChI=1S/C21H19ClFNO2/c22-17-7-5-15(6-8-17)11-19-13-21(9-2-10-24(19)14-21)26-20(25)16-3-1-4-18(23)12-16/h1,3-8,11-12H,2,9-10,13-14H2/b19-11+. The van der Waals surface area contributed by atoms with Crippen LogP contribution in [0, 0.1) is 5.82 Å². The van der Waals surface area contributed by atoms with Crippen LogP contribution in [0.5, 0.6) is 0 Å². The maximum absolute atomic E-state index is 13.4. The van der Waals surface area contributed by atoms with E-state index in [0.717, 1.165) is 30.6 Å². The van der Waals surface area contributed by atoms with Gasteiger partial charge in [-0.15, -0.1) is 0 Å². The predicted octanol–water partition coefficient (Wildman–Crippen LogP) is 4.92. The average molecular weight is 372 g/mol. The van der Waals surface area contributed by atoms with Crippen molar-refractivity contribution in [1.29, 1.82) is 0 Å². The van der Waals surface area contributed by atoms with Gasteiger partial charge in [0.25, 0.3) is 0 Å². The zero-order chi connectivity index (χ0) is 18.1. The molecule has 5 heteroatoms. The molecule has 2 aliphatic rings. The topological polar surface area (TPSA) is 29.5 Å². The summed E-state index contributed by atoms with van der Waals surface area (Å²) in [6.45, 7) is 1.65. The van der Waals surface area contributed by atoms with E-state index in [-0.39, 0.29) is 5.56 Å². The van der Waals surface area contributed by atoms with E-state index in [2.05, 4.69) is 11.0 Å². The summed E-state index contributed by atoms with van der Waals surface area (Å²) >= 11 is 5.95. The molecule has 3 nitrogen and oxygen atoms in total. The van der Waals surface area contributed by atoms with E-state index in [1.807, 2.05) is 24.3 Å². The van der Waals surface area contributed by atoms with Crippen LogP contribution < -0.4 is 0 Å². The molecule has 2 aliphatic heterocycles. The van der Waals surface area contributed by atoms with Crippen molar-refractivity contribution in [3.05, 3.63) is 76.2 Å². The molecule has 2 aromatic carbocycles. The SMILES string of the molecule is O=C(OC12CCCN(C1)/C(=C/c1ccc(Cl)cc1)C2)c1cccc(F)c1. The smallest absolute Gasteiger partial charge is 0.338 e. The predicted molar refractivity (Wildman–Crippen MR) is 99.4 cm³/mol. The number of piperidine rings is 1. The maximum Gasteiger partial charge on any atom is 0.338 e. The van der Waals surface area contributed by atoms with Crippen molar-refractivity contribution in [2.24, 2.45) is 0 Å². The summed E-state index contributed by atoms with van der Waals surface area (Å²) in [5, 5.41) is 0.707. The Bertz CT molecular complexity index is 865. The summed E-state index contributed by atoms with van der Waals surface area (Å²) in [5.41, 5.74) is 1.96. The normalized spacial score (nSPS) is 23.3. The second-order valence-electron chi connectivity index (χ2n) is 6.97. The number of hydrogen-bond donors (Lipinski definition) is 0. The maximum atomic E-state index is 13.4. The molecule has 0 amide bonds. The number of rotatable bonds is 3. The van der Waals surface area contributed by atoms with E-state index in [1.54, 1.807) is 6.07 Å². The van der Waals surface area contributed by atoms with Gasteiger partial charge in [0.1, 0.15) is 11.4 Å². The van der Waals surface area contributed by atoms with Crippen LogP contribution >= 0.6 is 11.6 Å². The molecule has 2 heterocycles. The Morgan fingerprint density at radius 2 is 2.04 bits per heavy atom. The first-order valence-electron chi connectivity index (χ1n) is 8.73. The van der Waals surface area contributed by atoms with Crippen LogP contribution in [0.1, 0.15) is 35.2 Å². The van der Waals surface area contributed by atoms with Crippen LogP contribution in [0.3, 0.4) is 0 Å². The van der Waals surface area contributed by atoms with Gasteiger partial charge >= 0.3 is 5.97 Å². The molecular formula is C21H19ClFNO2. The Labute approximate surface area is 157 Å². The summed E-state index contributed by atoms with van der Waals surface area (Å²) in [7, 11) is 0. The van der Waals surface area contributed by atoms with Crippen LogP contribution in [0.25, 0.3) is 6.08 Å². The highest BCUT2D eigenvalue weighted by Gasteiger charge is 2.46. The van der Waals surface area contributed by atoms with Gasteiger partial charge in [0.15, 0.2) is 0 Å². The monoisotopic (exact) mass is 371 g/mol. The van der Waals surface area contributed by atoms with E-state index in [9.17, 15) is 9.18 Å². The van der Waals surface area contributed by atoms with Gasteiger partial charge in [0.05, 0.1) is 12.1 Å². The fourth-order valence-electron chi connectivity index (χ4n) is 3.81. The molecule has 26 heavy (non-hydrogen) atoms. The third-order valence-corrected chi connectivity index (χ3v) is 5.27. The summed E-state index contributed by atoms with van der Waals surface area (Å²) in [6.07, 6.45) is 4.59. The number of hydrogen-bond acceptors (Lipinski definition) is 3. The Morgan fingerprint density at radius 3 is 2.81 bits per heavy atom. The number of carbonyl (C=O) groups is 1. The molecule has 0 saturated carbocycles. The van der Waals surface area contributed by atoms with Crippen molar-refractivity contribution in [3.8, 4) is 0 Å². The molecule has 1 unspecified atom stereocenters. The van der Waals surface area contributed by atoms with Gasteiger partial charge in [-0.2, -0.15) is 0 Å². The van der Waals surface area contributed by atoms with Gasteiger partial charge in [0.2, 0.25) is 0 Å². The van der Waals surface area contributed by atoms with Crippen molar-refractivity contribution in [2.75, 3.05) is 13.1 Å². The first-order valence-corrected chi connectivity index (χ1v) is 9.11. The van der Waals surface area contributed by atoms with Crippen LogP contribution in [-0.4, -0.2) is 29.6 Å². The van der Waals surface area contributed by atoms with Crippen LogP contribution in [-0.2, 0) is 4.74 Å². The molecule has 0 aliphatic carbocycles. The fourth-order valence-corrected chi connectivity index (χ4v) is 3.94. The summed E-state index contributed by atoms with van der Waals surface area (Å²) in [4.78, 5) is 14.8. The second-order valence-corrected chi connectivity index (χ2v) is 7.41. The van der Waals surface area contributed by atoms with Gasteiger partial charge in [-0.3, -0.25) is 0 Å². The van der Waals surface area contributed by atoms with Gasteiger partial charge in [-0.05, 0) is 54.8 Å². The third kappa shape index (κ3) is 3.47. The van der Waals surface area contributed by atoms with Crippen LogP contribution in [0.2, 0.25) is 5.02 Å². The van der Waals surface area contributed by atoms with Crippen molar-refractivity contribution in [3.63, 3.8) is 0 Å². The highest BCUT2D eigenvalue weighted by atomic mass is 35.5. The minimum Gasteiger partial charge on any atom is -0.453 e. The zero-order valence-electron chi connectivity index (χ0n) is 14.3. The largest absolute Gasteiger partial charge is 0.453 e. The number of esters is 1. The lowest BCUT2D eigenvalue weighted by atomic mass is 9.94. The third-order valence-electron chi connectivity index (χ3n) is 5.02. The Hall–Kier alpha value is -2.33. The number of fused-ring (bicyclic) bond motifs is 2. The van der Waals surface area contributed by atoms with Gasteiger partial charge < -0.3 is 9.64 Å². The summed E-state index contributed by atoms with van der Waals surface area (Å²) in [6, 6.07) is 13.3. The lowest BCUT2D eigenvalue weighted by Crippen LogP contribution is -2.42.